The fourth-order valence-corrected chi connectivity index (χ4v) is 2.47. The number of rotatable bonds is 5. The molecule has 0 saturated carbocycles. The Kier molecular flexibility index (Phi) is 5.79. The average molecular weight is 266 g/mol. The Morgan fingerprint density at radius 3 is 2.87 bits per heavy atom. The van der Waals surface area contributed by atoms with Gasteiger partial charge in [-0.2, -0.15) is 0 Å². The Bertz CT molecular complexity index is 322. The number of halogens is 2. The molecule has 0 amide bonds. The van der Waals surface area contributed by atoms with Crippen molar-refractivity contribution in [2.24, 2.45) is 5.73 Å². The van der Waals surface area contributed by atoms with E-state index in [1.54, 1.807) is 31.0 Å². The van der Waals surface area contributed by atoms with Gasteiger partial charge in [0.1, 0.15) is 0 Å². The van der Waals surface area contributed by atoms with Crippen molar-refractivity contribution in [3.8, 4) is 0 Å². The standard InChI is InChI=1S/C10H13Cl2NOS/c1-14-5-8(13)6-15-10-4-7(11)2-3-9(10)12/h2-4,8H,5-6,13H2,1H3. The SMILES string of the molecule is COCC(N)CSc1cc(Cl)ccc1Cl. The predicted octanol–water partition coefficient (Wildman–Crippen LogP) is 3.06. The van der Waals surface area contributed by atoms with Gasteiger partial charge < -0.3 is 10.5 Å². The lowest BCUT2D eigenvalue weighted by Gasteiger charge is -2.10. The van der Waals surface area contributed by atoms with Gasteiger partial charge in [0.05, 0.1) is 11.6 Å². The topological polar surface area (TPSA) is 35.2 Å². The third kappa shape index (κ3) is 4.62. The highest BCUT2D eigenvalue weighted by Crippen LogP contribution is 2.29. The van der Waals surface area contributed by atoms with Gasteiger partial charge in [-0.15, -0.1) is 11.8 Å². The smallest absolute Gasteiger partial charge is 0.0621 e. The second-order valence-corrected chi connectivity index (χ2v) is 5.01. The van der Waals surface area contributed by atoms with E-state index in [0.717, 1.165) is 10.6 Å². The first-order valence-electron chi connectivity index (χ1n) is 4.46. The van der Waals surface area contributed by atoms with Crippen LogP contribution in [0, 0.1) is 0 Å². The monoisotopic (exact) mass is 265 g/mol. The Hall–Kier alpha value is 0.0700. The molecule has 0 aliphatic heterocycles. The number of hydrogen-bond acceptors (Lipinski definition) is 3. The van der Waals surface area contributed by atoms with Crippen LogP contribution in [0.25, 0.3) is 0 Å². The minimum absolute atomic E-state index is 0.00930. The van der Waals surface area contributed by atoms with Gasteiger partial charge in [-0.3, -0.25) is 0 Å². The summed E-state index contributed by atoms with van der Waals surface area (Å²) >= 11 is 13.5. The third-order valence-electron chi connectivity index (χ3n) is 1.73. The van der Waals surface area contributed by atoms with Gasteiger partial charge in [0.25, 0.3) is 0 Å². The molecule has 1 atom stereocenters. The maximum absolute atomic E-state index is 6.01. The zero-order valence-electron chi connectivity index (χ0n) is 8.37. The van der Waals surface area contributed by atoms with E-state index >= 15 is 0 Å². The maximum atomic E-state index is 6.01. The summed E-state index contributed by atoms with van der Waals surface area (Å²) in [5.74, 6) is 0.758. The van der Waals surface area contributed by atoms with Crippen molar-refractivity contribution in [1.82, 2.24) is 0 Å². The van der Waals surface area contributed by atoms with Crippen molar-refractivity contribution in [2.45, 2.75) is 10.9 Å². The van der Waals surface area contributed by atoms with Gasteiger partial charge in [-0.25, -0.2) is 0 Å². The highest BCUT2D eigenvalue weighted by atomic mass is 35.5. The fraction of sp³-hybridized carbons (Fsp3) is 0.400. The van der Waals surface area contributed by atoms with E-state index in [0.29, 0.717) is 16.7 Å². The molecule has 1 rings (SSSR count). The second kappa shape index (κ2) is 6.61. The highest BCUT2D eigenvalue weighted by molar-refractivity contribution is 7.99. The molecule has 0 heterocycles. The molecule has 0 radical (unpaired) electrons. The second-order valence-electron chi connectivity index (χ2n) is 3.10. The van der Waals surface area contributed by atoms with Crippen LogP contribution in [0.4, 0.5) is 0 Å². The van der Waals surface area contributed by atoms with Gasteiger partial charge in [0.15, 0.2) is 0 Å². The average Bonchev–Trinajstić information content (AvgIpc) is 2.20. The lowest BCUT2D eigenvalue weighted by molar-refractivity contribution is 0.186. The molecule has 2 nitrogen and oxygen atoms in total. The first-order chi connectivity index (χ1) is 7.13. The molecule has 1 aromatic rings. The number of methoxy groups -OCH3 is 1. The van der Waals surface area contributed by atoms with E-state index in [1.807, 2.05) is 6.07 Å². The van der Waals surface area contributed by atoms with Crippen LogP contribution >= 0.6 is 35.0 Å². The number of thioether (sulfide) groups is 1. The van der Waals surface area contributed by atoms with Crippen LogP contribution in [0.1, 0.15) is 0 Å². The summed E-state index contributed by atoms with van der Waals surface area (Å²) in [5.41, 5.74) is 5.80. The van der Waals surface area contributed by atoms with E-state index in [1.165, 1.54) is 0 Å². The lowest BCUT2D eigenvalue weighted by atomic mass is 10.4. The van der Waals surface area contributed by atoms with Crippen molar-refractivity contribution < 1.29 is 4.74 Å². The van der Waals surface area contributed by atoms with Crippen LogP contribution in [-0.4, -0.2) is 25.5 Å². The Morgan fingerprint density at radius 2 is 2.20 bits per heavy atom. The maximum Gasteiger partial charge on any atom is 0.0621 e. The van der Waals surface area contributed by atoms with Gasteiger partial charge >= 0.3 is 0 Å². The number of ether oxygens (including phenoxy) is 1. The quantitative estimate of drug-likeness (QED) is 0.832. The molecule has 15 heavy (non-hydrogen) atoms. The largest absolute Gasteiger partial charge is 0.383 e. The van der Waals surface area contributed by atoms with E-state index in [-0.39, 0.29) is 6.04 Å². The predicted molar refractivity (Wildman–Crippen MR) is 67.0 cm³/mol. The van der Waals surface area contributed by atoms with Gasteiger partial charge in [0.2, 0.25) is 0 Å². The normalized spacial score (nSPS) is 12.8. The van der Waals surface area contributed by atoms with Gasteiger partial charge in [-0.1, -0.05) is 23.2 Å². The number of nitrogens with two attached hydrogens (primary N) is 1. The molecule has 0 aliphatic rings. The van der Waals surface area contributed by atoms with E-state index in [2.05, 4.69) is 0 Å². The van der Waals surface area contributed by atoms with Crippen LogP contribution in [0.2, 0.25) is 10.0 Å². The minimum Gasteiger partial charge on any atom is -0.383 e. The molecule has 5 heteroatoms. The van der Waals surface area contributed by atoms with Crippen LogP contribution in [0.5, 0.6) is 0 Å². The summed E-state index contributed by atoms with van der Waals surface area (Å²) in [4.78, 5) is 0.954. The molecule has 84 valence electrons. The lowest BCUT2D eigenvalue weighted by Crippen LogP contribution is -2.28. The fourth-order valence-electron chi connectivity index (χ4n) is 1.05. The molecule has 0 aliphatic carbocycles. The number of hydrogen-bond donors (Lipinski definition) is 1. The summed E-state index contributed by atoms with van der Waals surface area (Å²) in [6.07, 6.45) is 0. The first-order valence-corrected chi connectivity index (χ1v) is 6.20. The van der Waals surface area contributed by atoms with Gasteiger partial charge in [0, 0.05) is 28.8 Å². The molecule has 2 N–H and O–H groups in total. The van der Waals surface area contributed by atoms with E-state index in [9.17, 15) is 0 Å². The first kappa shape index (κ1) is 13.1. The minimum atomic E-state index is 0.00930. The highest BCUT2D eigenvalue weighted by Gasteiger charge is 2.06. The summed E-state index contributed by atoms with van der Waals surface area (Å²) < 4.78 is 4.95. The van der Waals surface area contributed by atoms with Crippen LogP contribution in [0.15, 0.2) is 23.1 Å². The third-order valence-corrected chi connectivity index (χ3v) is 3.65. The Balaban J connectivity index is 2.53. The van der Waals surface area contributed by atoms with Crippen molar-refractivity contribution in [3.05, 3.63) is 28.2 Å². The van der Waals surface area contributed by atoms with Crippen molar-refractivity contribution >= 4 is 35.0 Å². The Morgan fingerprint density at radius 1 is 1.47 bits per heavy atom. The van der Waals surface area contributed by atoms with Crippen LogP contribution in [-0.2, 0) is 4.74 Å². The van der Waals surface area contributed by atoms with Crippen LogP contribution < -0.4 is 5.73 Å². The van der Waals surface area contributed by atoms with Gasteiger partial charge in [-0.05, 0) is 18.2 Å². The molecule has 0 aromatic heterocycles. The molecular weight excluding hydrogens is 253 g/mol. The van der Waals surface area contributed by atoms with E-state index in [4.69, 9.17) is 33.7 Å². The summed E-state index contributed by atoms with van der Waals surface area (Å²) in [6.45, 7) is 0.547. The molecule has 1 aromatic carbocycles. The van der Waals surface area contributed by atoms with Crippen molar-refractivity contribution in [3.63, 3.8) is 0 Å². The molecule has 0 saturated heterocycles. The van der Waals surface area contributed by atoms with Crippen molar-refractivity contribution in [1.29, 1.82) is 0 Å². The summed E-state index contributed by atoms with van der Waals surface area (Å²) in [6, 6.07) is 5.40. The molecule has 0 bridgehead atoms. The van der Waals surface area contributed by atoms with Crippen LogP contribution in [0.3, 0.4) is 0 Å². The molecule has 0 fully saturated rings. The zero-order chi connectivity index (χ0) is 11.3. The number of benzene rings is 1. The summed E-state index contributed by atoms with van der Waals surface area (Å²) in [7, 11) is 1.64. The molecule has 1 unspecified atom stereocenters. The molecular formula is C10H13Cl2NOS. The van der Waals surface area contributed by atoms with Crippen molar-refractivity contribution in [2.75, 3.05) is 19.5 Å². The zero-order valence-corrected chi connectivity index (χ0v) is 10.7. The van der Waals surface area contributed by atoms with E-state index < -0.39 is 0 Å². The Labute approximate surface area is 104 Å². The summed E-state index contributed by atoms with van der Waals surface area (Å²) in [5, 5.41) is 1.39. The molecule has 0 spiro atoms.